The molecule has 0 atom stereocenters. The van der Waals surface area contributed by atoms with Gasteiger partial charge in [0.15, 0.2) is 5.58 Å². The topological polar surface area (TPSA) is 37.7 Å². The second kappa shape index (κ2) is 15.8. The van der Waals surface area contributed by atoms with Crippen molar-refractivity contribution < 1.29 is 8.83 Å². The zero-order valence-corrected chi connectivity index (χ0v) is 45.9. The van der Waals surface area contributed by atoms with Crippen LogP contribution in [0.2, 0.25) is 0 Å². The summed E-state index contributed by atoms with van der Waals surface area (Å²) in [6.07, 6.45) is 0. The monoisotopic (exact) mass is 990 g/mol. The summed E-state index contributed by atoms with van der Waals surface area (Å²) in [7, 11) is 0. The molecule has 0 spiro atoms. The van der Waals surface area contributed by atoms with Crippen molar-refractivity contribution >= 4 is 118 Å². The summed E-state index contributed by atoms with van der Waals surface area (Å²) < 4.78 is 17.0. The van der Waals surface area contributed by atoms with E-state index in [1.165, 1.54) is 60.5 Å². The highest BCUT2D eigenvalue weighted by molar-refractivity contribution is 6.90. The lowest BCUT2D eigenvalue weighted by Crippen LogP contribution is -2.56. The standard InChI is InChI=1S/C70H64BN3O2/c1-67(2,3)41-24-29-45(30-25-41)72(46-31-26-42(27-32-46)68(4,5)6)47-33-35-57-55(39-47)71-63-59(73(57)58-21-17-20-50-48-18-13-15-22-60(48)75-65(50)58)40-53-49-19-14-16-23-61(49)76-66(53)62(63)54-38-44(70(10,11)12)37-52-51-36-43(69(7,8)9)28-34-56(51)74(71)64(52)54/h13-40H,1-12H3. The second-order valence-electron chi connectivity index (χ2n) is 25.8. The van der Waals surface area contributed by atoms with E-state index in [1.54, 1.807) is 0 Å². The molecule has 0 N–H and O–H groups in total. The van der Waals surface area contributed by atoms with Crippen LogP contribution >= 0.6 is 0 Å². The first kappa shape index (κ1) is 46.6. The number of aromatic nitrogens is 1. The Bertz CT molecular complexity index is 4330. The summed E-state index contributed by atoms with van der Waals surface area (Å²) in [4.78, 5) is 4.97. The number of rotatable bonds is 4. The van der Waals surface area contributed by atoms with Gasteiger partial charge in [-0.3, -0.25) is 0 Å². The van der Waals surface area contributed by atoms with Crippen LogP contribution in [-0.2, 0) is 21.7 Å². The van der Waals surface area contributed by atoms with E-state index in [2.05, 4.69) is 267 Å². The van der Waals surface area contributed by atoms with E-state index < -0.39 is 0 Å². The maximum Gasteiger partial charge on any atom is 0.333 e. The first-order valence-corrected chi connectivity index (χ1v) is 27.2. The fourth-order valence-electron chi connectivity index (χ4n) is 12.6. The molecule has 3 aromatic heterocycles. The average Bonchev–Trinajstić information content (AvgIpc) is 4.19. The molecule has 0 bridgehead atoms. The van der Waals surface area contributed by atoms with Crippen LogP contribution in [0.4, 0.5) is 34.1 Å². The summed E-state index contributed by atoms with van der Waals surface area (Å²) >= 11 is 0. The highest BCUT2D eigenvalue weighted by Crippen LogP contribution is 2.53. The van der Waals surface area contributed by atoms with Crippen LogP contribution in [0.15, 0.2) is 179 Å². The number of hydrogen-bond donors (Lipinski definition) is 0. The highest BCUT2D eigenvalue weighted by atomic mass is 16.3. The molecule has 2 aliphatic heterocycles. The summed E-state index contributed by atoms with van der Waals surface area (Å²) in [5.41, 5.74) is 22.3. The quantitative estimate of drug-likeness (QED) is 0.165. The van der Waals surface area contributed by atoms with Gasteiger partial charge in [0.25, 0.3) is 0 Å². The number of furan rings is 2. The number of anilines is 6. The minimum absolute atomic E-state index is 0.00941. The van der Waals surface area contributed by atoms with Crippen molar-refractivity contribution in [1.82, 2.24) is 4.48 Å². The van der Waals surface area contributed by atoms with E-state index in [-0.39, 0.29) is 28.5 Å². The molecule has 0 fully saturated rings. The zero-order chi connectivity index (χ0) is 52.5. The molecular weight excluding hydrogens is 926 g/mol. The molecule has 12 aromatic rings. The molecule has 0 saturated heterocycles. The molecule has 0 aliphatic carbocycles. The Hall–Kier alpha value is -7.96. The zero-order valence-electron chi connectivity index (χ0n) is 45.9. The lowest BCUT2D eigenvalue weighted by molar-refractivity contribution is 0.590. The highest BCUT2D eigenvalue weighted by Gasteiger charge is 2.46. The second-order valence-corrected chi connectivity index (χ2v) is 25.8. The molecule has 0 radical (unpaired) electrons. The van der Waals surface area contributed by atoms with Crippen molar-refractivity contribution in [1.29, 1.82) is 0 Å². The Balaban J connectivity index is 1.14. The first-order valence-electron chi connectivity index (χ1n) is 27.2. The lowest BCUT2D eigenvalue weighted by atomic mass is 9.45. The van der Waals surface area contributed by atoms with Crippen LogP contribution in [0.25, 0.3) is 76.8 Å². The molecule has 5 nitrogen and oxygen atoms in total. The Kier molecular flexibility index (Phi) is 9.68. The van der Waals surface area contributed by atoms with Gasteiger partial charge in [-0.25, -0.2) is 0 Å². The van der Waals surface area contributed by atoms with E-state index in [4.69, 9.17) is 8.83 Å². The van der Waals surface area contributed by atoms with Crippen LogP contribution in [0.1, 0.15) is 105 Å². The van der Waals surface area contributed by atoms with Crippen LogP contribution in [0, 0.1) is 0 Å². The van der Waals surface area contributed by atoms with Gasteiger partial charge >= 0.3 is 6.85 Å². The van der Waals surface area contributed by atoms with Gasteiger partial charge in [0.1, 0.15) is 16.7 Å². The maximum atomic E-state index is 7.26. The molecule has 14 rings (SSSR count). The summed E-state index contributed by atoms with van der Waals surface area (Å²) in [5, 5.41) is 6.95. The fraction of sp³-hybridized carbons (Fsp3) is 0.229. The van der Waals surface area contributed by atoms with Gasteiger partial charge in [0, 0.05) is 82.9 Å². The fourth-order valence-corrected chi connectivity index (χ4v) is 12.6. The Morgan fingerprint density at radius 2 is 0.934 bits per heavy atom. The van der Waals surface area contributed by atoms with E-state index in [1.807, 2.05) is 0 Å². The minimum Gasteiger partial charge on any atom is -0.455 e. The molecule has 374 valence electrons. The van der Waals surface area contributed by atoms with Crippen LogP contribution < -0.4 is 20.7 Å². The van der Waals surface area contributed by atoms with Crippen molar-refractivity contribution in [2.24, 2.45) is 0 Å². The summed E-state index contributed by atoms with van der Waals surface area (Å²) in [6, 6.07) is 64.0. The van der Waals surface area contributed by atoms with E-state index in [0.29, 0.717) is 0 Å². The van der Waals surface area contributed by atoms with E-state index in [0.717, 1.165) is 83.6 Å². The largest absolute Gasteiger partial charge is 0.455 e. The molecule has 2 aliphatic rings. The third-order valence-corrected chi connectivity index (χ3v) is 16.8. The minimum atomic E-state index is -0.245. The van der Waals surface area contributed by atoms with Crippen molar-refractivity contribution in [2.75, 3.05) is 9.80 Å². The van der Waals surface area contributed by atoms with Gasteiger partial charge in [-0.2, -0.15) is 0 Å². The number of hydrogen-bond acceptors (Lipinski definition) is 4. The Morgan fingerprint density at radius 1 is 0.395 bits per heavy atom. The smallest absolute Gasteiger partial charge is 0.333 e. The third kappa shape index (κ3) is 6.84. The van der Waals surface area contributed by atoms with Gasteiger partial charge in [-0.1, -0.05) is 162 Å². The Labute approximate surface area is 446 Å². The van der Waals surface area contributed by atoms with Crippen molar-refractivity contribution in [3.63, 3.8) is 0 Å². The average molecular weight is 990 g/mol. The number of benzene rings is 9. The molecule has 0 unspecified atom stereocenters. The molecule has 6 heteroatoms. The number of para-hydroxylation sites is 3. The van der Waals surface area contributed by atoms with Gasteiger partial charge < -0.3 is 23.1 Å². The van der Waals surface area contributed by atoms with E-state index >= 15 is 0 Å². The molecular formula is C70H64BN3O2. The van der Waals surface area contributed by atoms with Crippen LogP contribution in [0.5, 0.6) is 0 Å². The maximum absolute atomic E-state index is 7.26. The Morgan fingerprint density at radius 3 is 1.55 bits per heavy atom. The van der Waals surface area contributed by atoms with Crippen molar-refractivity contribution in [3.05, 3.63) is 192 Å². The van der Waals surface area contributed by atoms with Gasteiger partial charge in [-0.15, -0.1) is 0 Å². The predicted octanol–water partition coefficient (Wildman–Crippen LogP) is 18.7. The van der Waals surface area contributed by atoms with Crippen LogP contribution in [0.3, 0.4) is 0 Å². The molecule has 5 heterocycles. The molecule has 9 aromatic carbocycles. The molecule has 0 amide bonds. The normalized spacial score (nSPS) is 13.7. The van der Waals surface area contributed by atoms with Gasteiger partial charge in [0.2, 0.25) is 0 Å². The van der Waals surface area contributed by atoms with E-state index in [9.17, 15) is 0 Å². The van der Waals surface area contributed by atoms with Crippen molar-refractivity contribution in [2.45, 2.75) is 105 Å². The lowest BCUT2D eigenvalue weighted by Gasteiger charge is -2.41. The summed E-state index contributed by atoms with van der Waals surface area (Å²) in [6.45, 7) is 27.5. The van der Waals surface area contributed by atoms with Crippen molar-refractivity contribution in [3.8, 4) is 11.1 Å². The predicted molar refractivity (Wildman–Crippen MR) is 324 cm³/mol. The van der Waals surface area contributed by atoms with Gasteiger partial charge in [-0.05, 0) is 146 Å². The first-order chi connectivity index (χ1) is 36.2. The molecule has 0 saturated carbocycles. The third-order valence-electron chi connectivity index (χ3n) is 16.8. The summed E-state index contributed by atoms with van der Waals surface area (Å²) in [5.74, 6) is 0. The van der Waals surface area contributed by atoms with Crippen LogP contribution in [-0.4, -0.2) is 11.3 Å². The van der Waals surface area contributed by atoms with Gasteiger partial charge in [0.05, 0.1) is 5.69 Å². The molecule has 76 heavy (non-hydrogen) atoms. The number of nitrogens with zero attached hydrogens (tertiary/aromatic N) is 3. The number of fused-ring (bicyclic) bond motifs is 14. The SMILES string of the molecule is CC(C)(C)c1ccc(N(c2ccc(C(C)(C)C)cc2)c2ccc3c(c2)B2c4c(cc5c(oc6ccccc65)c4-c4cc(C(C)(C)C)cc5c6cc(C(C)(C)C)ccc6n2c45)N3c2cccc3c2oc2ccccc23)cc1.